The van der Waals surface area contributed by atoms with E-state index in [0.717, 1.165) is 24.0 Å². The minimum Gasteiger partial charge on any atom is -0.372 e. The lowest BCUT2D eigenvalue weighted by atomic mass is 9.90. The van der Waals surface area contributed by atoms with Crippen LogP contribution in [0.3, 0.4) is 0 Å². The van der Waals surface area contributed by atoms with Crippen LogP contribution >= 0.6 is 0 Å². The molecular formula is C17H20N2O3. The molecule has 0 aliphatic carbocycles. The molecule has 2 aromatic rings. The van der Waals surface area contributed by atoms with E-state index in [-0.39, 0.29) is 6.03 Å². The van der Waals surface area contributed by atoms with E-state index >= 15 is 0 Å². The molecule has 2 heterocycles. The summed E-state index contributed by atoms with van der Waals surface area (Å²) in [7, 11) is 0. The number of amides is 1. The molecule has 0 saturated carbocycles. The van der Waals surface area contributed by atoms with Crippen molar-refractivity contribution < 1.29 is 9.32 Å². The molecule has 1 aromatic carbocycles. The van der Waals surface area contributed by atoms with E-state index in [2.05, 4.69) is 24.3 Å². The monoisotopic (exact) mass is 300 g/mol. The number of carbonyl (C=O) groups excluding carboxylic acids is 1. The molecule has 0 spiro atoms. The largest absolute Gasteiger partial charge is 0.372 e. The molecule has 116 valence electrons. The van der Waals surface area contributed by atoms with E-state index in [4.69, 9.17) is 4.52 Å². The van der Waals surface area contributed by atoms with Gasteiger partial charge in [-0.05, 0) is 37.7 Å². The Kier molecular flexibility index (Phi) is 4.13. The van der Waals surface area contributed by atoms with Gasteiger partial charge in [0, 0.05) is 19.2 Å². The summed E-state index contributed by atoms with van der Waals surface area (Å²) in [5.41, 5.74) is 0.944. The summed E-state index contributed by atoms with van der Waals surface area (Å²) in [6.07, 6.45) is 2.95. The quantitative estimate of drug-likeness (QED) is 0.857. The van der Waals surface area contributed by atoms with E-state index in [1.807, 2.05) is 6.07 Å². The molecule has 0 unspecified atom stereocenters. The Morgan fingerprint density at radius 3 is 2.50 bits per heavy atom. The van der Waals surface area contributed by atoms with Gasteiger partial charge in [0.15, 0.2) is 0 Å². The number of nitrogens with zero attached hydrogens (tertiary/aromatic N) is 2. The molecule has 1 aliphatic heterocycles. The van der Waals surface area contributed by atoms with Gasteiger partial charge >= 0.3 is 6.03 Å². The second-order valence-electron chi connectivity index (χ2n) is 5.88. The van der Waals surface area contributed by atoms with Crippen LogP contribution in [0.25, 0.3) is 0 Å². The molecule has 0 bridgehead atoms. The second-order valence-corrected chi connectivity index (χ2v) is 5.88. The standard InChI is InChI=1S/C17H20N2O3/c1-13-11-16(20)19(22-13)17(21)18-9-7-15(8-10-18)12-14-5-3-2-4-6-14/h2-6,11,15H,7-10,12H2,1H3. The van der Waals surface area contributed by atoms with Crippen LogP contribution in [0.15, 0.2) is 45.7 Å². The van der Waals surface area contributed by atoms with Crippen LogP contribution in [0, 0.1) is 12.8 Å². The molecular weight excluding hydrogens is 280 g/mol. The highest BCUT2D eigenvalue weighted by Gasteiger charge is 2.25. The summed E-state index contributed by atoms with van der Waals surface area (Å²) in [6.45, 7) is 3.00. The highest BCUT2D eigenvalue weighted by molar-refractivity contribution is 5.75. The zero-order chi connectivity index (χ0) is 15.5. The Balaban J connectivity index is 1.59. The molecule has 5 heteroatoms. The summed E-state index contributed by atoms with van der Waals surface area (Å²) in [5, 5.41) is 0. The van der Waals surface area contributed by atoms with Gasteiger partial charge < -0.3 is 9.42 Å². The molecule has 3 rings (SSSR count). The topological polar surface area (TPSA) is 55.5 Å². The molecule has 0 radical (unpaired) electrons. The van der Waals surface area contributed by atoms with Crippen LogP contribution in [0.1, 0.15) is 24.2 Å². The van der Waals surface area contributed by atoms with Gasteiger partial charge in [0.05, 0.1) is 0 Å². The molecule has 22 heavy (non-hydrogen) atoms. The van der Waals surface area contributed by atoms with Crippen molar-refractivity contribution in [3.8, 4) is 0 Å². The lowest BCUT2D eigenvalue weighted by molar-refractivity contribution is 0.144. The highest BCUT2D eigenvalue weighted by atomic mass is 16.5. The summed E-state index contributed by atoms with van der Waals surface area (Å²) in [5.74, 6) is 1.04. The van der Waals surface area contributed by atoms with Crippen molar-refractivity contribution in [3.05, 3.63) is 58.1 Å². The van der Waals surface area contributed by atoms with Gasteiger partial charge in [-0.15, -0.1) is 0 Å². The minimum absolute atomic E-state index is 0.351. The maximum absolute atomic E-state index is 12.3. The third-order valence-electron chi connectivity index (χ3n) is 4.19. The number of rotatable bonds is 2. The number of hydrogen-bond donors (Lipinski definition) is 0. The number of carbonyl (C=O) groups is 1. The van der Waals surface area contributed by atoms with Crippen LogP contribution in [0.4, 0.5) is 4.79 Å². The van der Waals surface area contributed by atoms with Crippen molar-refractivity contribution in [2.75, 3.05) is 13.1 Å². The minimum atomic E-state index is -0.395. The average Bonchev–Trinajstić information content (AvgIpc) is 2.87. The van der Waals surface area contributed by atoms with Crippen molar-refractivity contribution >= 4 is 6.03 Å². The highest BCUT2D eigenvalue weighted by Crippen LogP contribution is 2.22. The Hall–Kier alpha value is -2.30. The van der Waals surface area contributed by atoms with Crippen LogP contribution in [0.5, 0.6) is 0 Å². The van der Waals surface area contributed by atoms with Gasteiger partial charge in [0.25, 0.3) is 5.56 Å². The molecule has 0 N–H and O–H groups in total. The Morgan fingerprint density at radius 1 is 1.23 bits per heavy atom. The first-order chi connectivity index (χ1) is 10.6. The van der Waals surface area contributed by atoms with Gasteiger partial charge in [0.1, 0.15) is 5.76 Å². The predicted molar refractivity (Wildman–Crippen MR) is 82.9 cm³/mol. The Bertz CT molecular complexity index is 694. The predicted octanol–water partition coefficient (Wildman–Crippen LogP) is 2.67. The van der Waals surface area contributed by atoms with Crippen LogP contribution < -0.4 is 5.56 Å². The van der Waals surface area contributed by atoms with E-state index in [1.165, 1.54) is 11.6 Å². The van der Waals surface area contributed by atoms with Gasteiger partial charge in [-0.1, -0.05) is 35.1 Å². The smallest absolute Gasteiger partial charge is 0.361 e. The normalized spacial score (nSPS) is 16.0. The number of hydrogen-bond acceptors (Lipinski definition) is 3. The number of aryl methyl sites for hydroxylation is 1. The molecule has 5 nitrogen and oxygen atoms in total. The average molecular weight is 300 g/mol. The number of likely N-dealkylation sites (tertiary alicyclic amines) is 1. The summed E-state index contributed by atoms with van der Waals surface area (Å²) < 4.78 is 6.02. The van der Waals surface area contributed by atoms with Crippen molar-refractivity contribution in [3.63, 3.8) is 0 Å². The van der Waals surface area contributed by atoms with Crippen molar-refractivity contribution in [2.45, 2.75) is 26.2 Å². The van der Waals surface area contributed by atoms with E-state index in [1.54, 1.807) is 11.8 Å². The fourth-order valence-electron chi connectivity index (χ4n) is 2.99. The SMILES string of the molecule is Cc1cc(=O)n(C(=O)N2CCC(Cc3ccccc3)CC2)o1. The Morgan fingerprint density at radius 2 is 1.91 bits per heavy atom. The number of piperidine rings is 1. The molecule has 1 aliphatic rings. The lowest BCUT2D eigenvalue weighted by Gasteiger charge is -2.31. The Labute approximate surface area is 129 Å². The summed E-state index contributed by atoms with van der Waals surface area (Å²) >= 11 is 0. The van der Waals surface area contributed by atoms with Crippen LogP contribution in [-0.2, 0) is 6.42 Å². The molecule has 1 fully saturated rings. The van der Waals surface area contributed by atoms with E-state index in [0.29, 0.717) is 24.8 Å². The summed E-state index contributed by atoms with van der Waals surface area (Å²) in [6, 6.07) is 11.4. The zero-order valence-electron chi connectivity index (χ0n) is 12.7. The van der Waals surface area contributed by atoms with Gasteiger partial charge in [-0.25, -0.2) is 4.79 Å². The first kappa shape index (κ1) is 14.6. The maximum atomic E-state index is 12.3. The van der Waals surface area contributed by atoms with Gasteiger partial charge in [-0.2, -0.15) is 0 Å². The van der Waals surface area contributed by atoms with Gasteiger partial charge in [-0.3, -0.25) is 4.79 Å². The van der Waals surface area contributed by atoms with Crippen molar-refractivity contribution in [1.82, 2.24) is 9.64 Å². The third kappa shape index (κ3) is 3.13. The fraction of sp³-hybridized carbons (Fsp3) is 0.412. The van der Waals surface area contributed by atoms with Gasteiger partial charge in [0.2, 0.25) is 0 Å². The molecule has 0 atom stereocenters. The van der Waals surface area contributed by atoms with E-state index in [9.17, 15) is 9.59 Å². The van der Waals surface area contributed by atoms with E-state index < -0.39 is 5.56 Å². The maximum Gasteiger partial charge on any atom is 0.361 e. The zero-order valence-corrected chi connectivity index (χ0v) is 12.7. The lowest BCUT2D eigenvalue weighted by Crippen LogP contribution is -2.43. The fourth-order valence-corrected chi connectivity index (χ4v) is 2.99. The summed E-state index contributed by atoms with van der Waals surface area (Å²) in [4.78, 5) is 25.6. The number of aromatic nitrogens is 1. The van der Waals surface area contributed by atoms with Crippen LogP contribution in [-0.4, -0.2) is 28.8 Å². The molecule has 1 amide bonds. The first-order valence-electron chi connectivity index (χ1n) is 7.66. The molecule has 1 saturated heterocycles. The first-order valence-corrected chi connectivity index (χ1v) is 7.66. The van der Waals surface area contributed by atoms with Crippen LogP contribution in [0.2, 0.25) is 0 Å². The number of benzene rings is 1. The van der Waals surface area contributed by atoms with Crippen molar-refractivity contribution in [1.29, 1.82) is 0 Å². The van der Waals surface area contributed by atoms with Crippen molar-refractivity contribution in [2.24, 2.45) is 5.92 Å². The molecule has 1 aromatic heterocycles. The third-order valence-corrected chi connectivity index (χ3v) is 4.19. The second kappa shape index (κ2) is 6.22.